The molecule has 0 aromatic heterocycles. The molecule has 148 valence electrons. The van der Waals surface area contributed by atoms with E-state index < -0.39 is 6.29 Å². The normalized spacial score (nSPS) is 48.5. The van der Waals surface area contributed by atoms with Gasteiger partial charge >= 0.3 is 0 Å². The third-order valence-electron chi connectivity index (χ3n) is 6.16. The molecule has 2 aliphatic rings. The Bertz CT molecular complexity index is 405. The van der Waals surface area contributed by atoms with Gasteiger partial charge in [0.1, 0.15) is 12.2 Å². The van der Waals surface area contributed by atoms with Crippen molar-refractivity contribution in [3.05, 3.63) is 0 Å². The van der Waals surface area contributed by atoms with Crippen LogP contribution in [0.4, 0.5) is 0 Å². The predicted molar refractivity (Wildman–Crippen MR) is 94.3 cm³/mol. The summed E-state index contributed by atoms with van der Waals surface area (Å²) in [5.74, 6) is 0.875. The van der Waals surface area contributed by atoms with Gasteiger partial charge in [-0.05, 0) is 25.2 Å². The van der Waals surface area contributed by atoms with E-state index in [9.17, 15) is 0 Å². The zero-order valence-electron chi connectivity index (χ0n) is 16.9. The largest absolute Gasteiger partial charge is 0.376 e. The first-order valence-corrected chi connectivity index (χ1v) is 9.44. The Morgan fingerprint density at radius 1 is 0.680 bits per heavy atom. The van der Waals surface area contributed by atoms with E-state index in [1.165, 1.54) is 0 Å². The lowest BCUT2D eigenvalue weighted by Crippen LogP contribution is -2.59. The maximum Gasteiger partial charge on any atom is 0.184 e. The highest BCUT2D eigenvalue weighted by Crippen LogP contribution is 2.37. The molecular formula is C19H36O6. The Morgan fingerprint density at radius 2 is 1.28 bits per heavy atom. The molecule has 2 aliphatic heterocycles. The van der Waals surface area contributed by atoms with Crippen molar-refractivity contribution < 1.29 is 28.4 Å². The maximum absolute atomic E-state index is 6.46. The zero-order valence-corrected chi connectivity index (χ0v) is 16.9. The molecule has 0 N–H and O–H groups in total. The first-order valence-electron chi connectivity index (χ1n) is 9.44. The minimum absolute atomic E-state index is 0.0718. The molecule has 6 heteroatoms. The minimum Gasteiger partial charge on any atom is -0.376 e. The molecule has 0 bridgehead atoms. The van der Waals surface area contributed by atoms with E-state index in [1.807, 2.05) is 0 Å². The Hall–Kier alpha value is -0.240. The molecule has 2 rings (SSSR count). The molecule has 10 unspecified atom stereocenters. The molecule has 2 fully saturated rings. The summed E-state index contributed by atoms with van der Waals surface area (Å²) in [7, 11) is 5.05. The Kier molecular flexibility index (Phi) is 7.67. The lowest BCUT2D eigenvalue weighted by molar-refractivity contribution is -0.339. The molecule has 0 spiro atoms. The fraction of sp³-hybridized carbons (Fsp3) is 1.00. The number of hydrogen-bond acceptors (Lipinski definition) is 6. The van der Waals surface area contributed by atoms with Gasteiger partial charge in [-0.1, -0.05) is 27.7 Å². The van der Waals surface area contributed by atoms with Gasteiger partial charge in [-0.2, -0.15) is 0 Å². The smallest absolute Gasteiger partial charge is 0.184 e. The maximum atomic E-state index is 6.46. The Labute approximate surface area is 152 Å². The molecular weight excluding hydrogens is 324 g/mol. The Balaban J connectivity index is 2.17. The van der Waals surface area contributed by atoms with Gasteiger partial charge in [0.25, 0.3) is 0 Å². The summed E-state index contributed by atoms with van der Waals surface area (Å²) >= 11 is 0. The van der Waals surface area contributed by atoms with E-state index in [0.29, 0.717) is 11.8 Å². The highest BCUT2D eigenvalue weighted by molar-refractivity contribution is 4.91. The summed E-state index contributed by atoms with van der Waals surface area (Å²) < 4.78 is 35.5. The van der Waals surface area contributed by atoms with Crippen molar-refractivity contribution in [2.24, 2.45) is 17.8 Å². The van der Waals surface area contributed by atoms with E-state index >= 15 is 0 Å². The quantitative estimate of drug-likeness (QED) is 0.726. The van der Waals surface area contributed by atoms with Gasteiger partial charge in [0, 0.05) is 27.2 Å². The summed E-state index contributed by atoms with van der Waals surface area (Å²) in [6.07, 6.45) is -0.336. The molecule has 0 aromatic rings. The lowest BCUT2D eigenvalue weighted by Gasteiger charge is -2.48. The van der Waals surface area contributed by atoms with Crippen molar-refractivity contribution in [2.75, 3.05) is 21.3 Å². The summed E-state index contributed by atoms with van der Waals surface area (Å²) in [5.41, 5.74) is 0. The van der Waals surface area contributed by atoms with E-state index in [2.05, 4.69) is 34.6 Å². The van der Waals surface area contributed by atoms with Crippen molar-refractivity contribution in [3.8, 4) is 0 Å². The van der Waals surface area contributed by atoms with Crippen LogP contribution >= 0.6 is 0 Å². The molecule has 0 saturated carbocycles. The highest BCUT2D eigenvalue weighted by atomic mass is 16.7. The highest BCUT2D eigenvalue weighted by Gasteiger charge is 2.48. The van der Waals surface area contributed by atoms with Crippen LogP contribution in [-0.2, 0) is 28.4 Å². The number of rotatable bonds is 6. The van der Waals surface area contributed by atoms with E-state index in [-0.39, 0.29) is 42.7 Å². The van der Waals surface area contributed by atoms with Gasteiger partial charge in [-0.3, -0.25) is 0 Å². The Morgan fingerprint density at radius 3 is 1.80 bits per heavy atom. The number of ether oxygens (including phenoxy) is 6. The summed E-state index contributed by atoms with van der Waals surface area (Å²) in [4.78, 5) is 0. The SMILES string of the molecule is CCC1OC(OC)C(OC)C(C)C1OC1OC(C)C(C)C(C)C1OC. The van der Waals surface area contributed by atoms with Crippen molar-refractivity contribution >= 4 is 0 Å². The van der Waals surface area contributed by atoms with Gasteiger partial charge in [0.2, 0.25) is 0 Å². The molecule has 2 saturated heterocycles. The molecule has 0 amide bonds. The molecule has 6 nitrogen and oxygen atoms in total. The van der Waals surface area contributed by atoms with Crippen LogP contribution in [0.1, 0.15) is 41.0 Å². The number of hydrogen-bond donors (Lipinski definition) is 0. The van der Waals surface area contributed by atoms with Crippen molar-refractivity contribution in [2.45, 2.75) is 84.1 Å². The molecule has 10 atom stereocenters. The van der Waals surface area contributed by atoms with Gasteiger partial charge in [0.15, 0.2) is 12.6 Å². The van der Waals surface area contributed by atoms with Crippen LogP contribution in [0.2, 0.25) is 0 Å². The van der Waals surface area contributed by atoms with Crippen LogP contribution in [0.15, 0.2) is 0 Å². The van der Waals surface area contributed by atoms with Crippen LogP contribution in [0.5, 0.6) is 0 Å². The third-order valence-corrected chi connectivity index (χ3v) is 6.16. The summed E-state index contributed by atoms with van der Waals surface area (Å²) in [5, 5.41) is 0. The molecule has 0 aliphatic carbocycles. The molecule has 2 heterocycles. The van der Waals surface area contributed by atoms with Crippen molar-refractivity contribution in [1.29, 1.82) is 0 Å². The lowest BCUT2D eigenvalue weighted by atomic mass is 9.83. The minimum atomic E-state index is -0.409. The van der Waals surface area contributed by atoms with Crippen LogP contribution in [-0.4, -0.2) is 64.4 Å². The van der Waals surface area contributed by atoms with Gasteiger partial charge in [0.05, 0.1) is 18.3 Å². The van der Waals surface area contributed by atoms with E-state index in [4.69, 9.17) is 28.4 Å². The van der Waals surface area contributed by atoms with Crippen LogP contribution < -0.4 is 0 Å². The molecule has 0 radical (unpaired) electrons. The standard InChI is InChI=1S/C19H36O6/c1-9-14-15(12(4)17(21-7)18(22-8)24-14)25-19-16(20-6)11(3)10(2)13(5)23-19/h10-19H,9H2,1-8H3. The van der Waals surface area contributed by atoms with Crippen molar-refractivity contribution in [1.82, 2.24) is 0 Å². The van der Waals surface area contributed by atoms with Crippen LogP contribution in [0.25, 0.3) is 0 Å². The van der Waals surface area contributed by atoms with E-state index in [0.717, 1.165) is 6.42 Å². The molecule has 25 heavy (non-hydrogen) atoms. The van der Waals surface area contributed by atoms with Crippen LogP contribution in [0.3, 0.4) is 0 Å². The first kappa shape index (κ1) is 21.1. The number of methoxy groups -OCH3 is 3. The van der Waals surface area contributed by atoms with Gasteiger partial charge in [-0.25, -0.2) is 0 Å². The summed E-state index contributed by atoms with van der Waals surface area (Å²) in [6, 6.07) is 0. The summed E-state index contributed by atoms with van der Waals surface area (Å²) in [6.45, 7) is 10.7. The predicted octanol–water partition coefficient (Wildman–Crippen LogP) is 2.84. The second-order valence-corrected chi connectivity index (χ2v) is 7.48. The second kappa shape index (κ2) is 9.11. The average molecular weight is 360 g/mol. The second-order valence-electron chi connectivity index (χ2n) is 7.48. The van der Waals surface area contributed by atoms with Gasteiger partial charge in [-0.15, -0.1) is 0 Å². The zero-order chi connectivity index (χ0) is 18.7. The monoisotopic (exact) mass is 360 g/mol. The first-order chi connectivity index (χ1) is 11.9. The van der Waals surface area contributed by atoms with Gasteiger partial charge < -0.3 is 28.4 Å². The topological polar surface area (TPSA) is 55.4 Å². The molecule has 0 aromatic carbocycles. The van der Waals surface area contributed by atoms with Crippen LogP contribution in [0, 0.1) is 17.8 Å². The fourth-order valence-corrected chi connectivity index (χ4v) is 4.13. The van der Waals surface area contributed by atoms with Crippen molar-refractivity contribution in [3.63, 3.8) is 0 Å². The average Bonchev–Trinajstić information content (AvgIpc) is 2.61. The van der Waals surface area contributed by atoms with E-state index in [1.54, 1.807) is 21.3 Å². The fourth-order valence-electron chi connectivity index (χ4n) is 4.13. The third kappa shape index (κ3) is 4.20.